The van der Waals surface area contributed by atoms with E-state index in [1.165, 1.54) is 0 Å². The lowest BCUT2D eigenvalue weighted by molar-refractivity contribution is -0.118. The maximum Gasteiger partial charge on any atom is 0.230 e. The van der Waals surface area contributed by atoms with E-state index in [1.807, 2.05) is 23.6 Å². The van der Waals surface area contributed by atoms with Crippen LogP contribution in [0, 0.1) is 5.92 Å². The Hall–Kier alpha value is -3.59. The average molecular weight is 654 g/mol. The molecule has 5 aromatic rings. The number of nitrogens with one attached hydrogen (secondary N) is 1. The first kappa shape index (κ1) is 32.8. The summed E-state index contributed by atoms with van der Waals surface area (Å²) in [4.78, 5) is 36.4. The van der Waals surface area contributed by atoms with Gasteiger partial charge in [-0.05, 0) is 41.9 Å². The van der Waals surface area contributed by atoms with Gasteiger partial charge in [-0.15, -0.1) is 34.4 Å². The van der Waals surface area contributed by atoms with Crippen LogP contribution in [-0.4, -0.2) is 34.0 Å². The van der Waals surface area contributed by atoms with Crippen molar-refractivity contribution < 1.29 is 9.59 Å². The van der Waals surface area contributed by atoms with E-state index in [4.69, 9.17) is 4.98 Å². The Morgan fingerprint density at radius 3 is 1.96 bits per heavy atom. The number of benzene rings is 3. The van der Waals surface area contributed by atoms with Gasteiger partial charge in [0.25, 0.3) is 0 Å². The molecule has 2 aromatic heterocycles. The zero-order valence-corrected chi connectivity index (χ0v) is 28.2. The lowest BCUT2D eigenvalue weighted by Gasteiger charge is -2.35. The number of thiazole rings is 2. The first-order valence-electron chi connectivity index (χ1n) is 15.5. The molecule has 0 aliphatic carbocycles. The number of carbonyl (C=O) groups is 2. The molecule has 0 aliphatic heterocycles. The standard InChI is InChI=1S/C37H39N3O2S3/c1-27(2)25-32-34(40-36(45-32)35-39-23-24-43-35)31(41)21-13-6-14-22-38-33(42)26-44-37(28-15-7-3-8-16-28,29-17-9-4-10-18-29)30-19-11-5-12-20-30/h3-5,7-12,15-20,23-24,27H,6,13-14,21-22,25-26H2,1-2H3,(H,38,42). The molecule has 0 spiro atoms. The minimum Gasteiger partial charge on any atom is -0.355 e. The SMILES string of the molecule is CC(C)Cc1sc(-c2nccs2)nc1C(=O)CCCCCNC(=O)CSC(c1ccccc1)(c1ccccc1)c1ccccc1. The molecule has 2 heterocycles. The highest BCUT2D eigenvalue weighted by molar-refractivity contribution is 8.01. The Labute approximate surface area is 278 Å². The molecule has 45 heavy (non-hydrogen) atoms. The number of nitrogens with zero attached hydrogens (tertiary/aromatic N) is 2. The molecule has 0 saturated heterocycles. The molecule has 1 N–H and O–H groups in total. The third-order valence-electron chi connectivity index (χ3n) is 7.53. The normalized spacial score (nSPS) is 11.5. The molecular formula is C37H39N3O2S3. The number of amides is 1. The molecule has 0 unspecified atom stereocenters. The lowest BCUT2D eigenvalue weighted by atomic mass is 9.84. The number of unbranched alkanes of at least 4 members (excludes halogenated alkanes) is 2. The van der Waals surface area contributed by atoms with Gasteiger partial charge in [0.2, 0.25) is 5.91 Å². The maximum absolute atomic E-state index is 13.2. The Balaban J connectivity index is 1.15. The highest BCUT2D eigenvalue weighted by atomic mass is 32.2. The maximum atomic E-state index is 13.2. The fourth-order valence-corrected chi connectivity index (χ4v) is 8.76. The van der Waals surface area contributed by atoms with E-state index >= 15 is 0 Å². The van der Waals surface area contributed by atoms with Gasteiger partial charge in [-0.1, -0.05) is 111 Å². The number of Topliss-reactive ketones (excluding diaryl/α,β-unsaturated/α-hetero) is 1. The largest absolute Gasteiger partial charge is 0.355 e. The Kier molecular flexibility index (Phi) is 11.7. The van der Waals surface area contributed by atoms with Gasteiger partial charge >= 0.3 is 0 Å². The van der Waals surface area contributed by atoms with Crippen molar-refractivity contribution in [1.82, 2.24) is 15.3 Å². The van der Waals surface area contributed by atoms with Crippen LogP contribution in [0.4, 0.5) is 0 Å². The van der Waals surface area contributed by atoms with Gasteiger partial charge in [-0.3, -0.25) is 9.59 Å². The quantitative estimate of drug-likeness (QED) is 0.0654. The molecular weight excluding hydrogens is 615 g/mol. The first-order valence-corrected chi connectivity index (χ1v) is 18.2. The van der Waals surface area contributed by atoms with Crippen LogP contribution in [0.5, 0.6) is 0 Å². The minimum atomic E-state index is -0.523. The van der Waals surface area contributed by atoms with Crippen LogP contribution in [0.25, 0.3) is 10.0 Å². The Morgan fingerprint density at radius 1 is 0.822 bits per heavy atom. The molecule has 0 bridgehead atoms. The summed E-state index contributed by atoms with van der Waals surface area (Å²) >= 11 is 4.79. The second kappa shape index (κ2) is 16.1. The minimum absolute atomic E-state index is 0.0127. The van der Waals surface area contributed by atoms with Crippen LogP contribution >= 0.6 is 34.4 Å². The fourth-order valence-electron chi connectivity index (χ4n) is 5.43. The Morgan fingerprint density at radius 2 is 1.42 bits per heavy atom. The molecule has 0 atom stereocenters. The molecule has 1 amide bonds. The summed E-state index contributed by atoms with van der Waals surface area (Å²) < 4.78 is -0.523. The number of aromatic nitrogens is 2. The predicted molar refractivity (Wildman–Crippen MR) is 189 cm³/mol. The van der Waals surface area contributed by atoms with Crippen LogP contribution in [0.15, 0.2) is 103 Å². The van der Waals surface area contributed by atoms with Gasteiger partial charge in [0.1, 0.15) is 5.69 Å². The smallest absolute Gasteiger partial charge is 0.230 e. The van der Waals surface area contributed by atoms with Crippen molar-refractivity contribution in [2.75, 3.05) is 12.3 Å². The summed E-state index contributed by atoms with van der Waals surface area (Å²) in [5, 5.41) is 6.75. The van der Waals surface area contributed by atoms with Crippen LogP contribution in [0.3, 0.4) is 0 Å². The zero-order chi connectivity index (χ0) is 31.5. The third kappa shape index (κ3) is 8.37. The topological polar surface area (TPSA) is 72.0 Å². The average Bonchev–Trinajstić information content (AvgIpc) is 3.75. The molecule has 0 saturated carbocycles. The van der Waals surface area contributed by atoms with Crippen LogP contribution < -0.4 is 5.32 Å². The number of carbonyl (C=O) groups excluding carboxylic acids is 2. The van der Waals surface area contributed by atoms with Gasteiger partial charge in [-0.2, -0.15) is 0 Å². The van der Waals surface area contributed by atoms with Crippen LogP contribution in [-0.2, 0) is 16.0 Å². The van der Waals surface area contributed by atoms with Crippen molar-refractivity contribution >= 4 is 46.1 Å². The van der Waals surface area contributed by atoms with Gasteiger partial charge in [0.05, 0.1) is 10.5 Å². The highest BCUT2D eigenvalue weighted by Crippen LogP contribution is 2.48. The van der Waals surface area contributed by atoms with Gasteiger partial charge in [0.15, 0.2) is 15.8 Å². The molecule has 0 fully saturated rings. The monoisotopic (exact) mass is 653 g/mol. The molecule has 3 aromatic carbocycles. The van der Waals surface area contributed by atoms with Crippen molar-refractivity contribution in [1.29, 1.82) is 0 Å². The van der Waals surface area contributed by atoms with E-state index in [2.05, 4.69) is 96.9 Å². The molecule has 0 radical (unpaired) electrons. The fraction of sp³-hybridized carbons (Fsp3) is 0.297. The summed E-state index contributed by atoms with van der Waals surface area (Å²) in [7, 11) is 0. The summed E-state index contributed by atoms with van der Waals surface area (Å²) in [6, 6.07) is 31.3. The summed E-state index contributed by atoms with van der Waals surface area (Å²) in [6.45, 7) is 4.91. The zero-order valence-electron chi connectivity index (χ0n) is 25.8. The van der Waals surface area contributed by atoms with Crippen LogP contribution in [0.1, 0.15) is 71.6 Å². The molecule has 5 rings (SSSR count). The van der Waals surface area contributed by atoms with Gasteiger partial charge in [0, 0.05) is 29.4 Å². The second-order valence-electron chi connectivity index (χ2n) is 11.4. The summed E-state index contributed by atoms with van der Waals surface area (Å²) in [5.74, 6) is 0.880. The van der Waals surface area contributed by atoms with Crippen molar-refractivity contribution in [2.45, 2.75) is 50.7 Å². The van der Waals surface area contributed by atoms with Crippen molar-refractivity contribution in [2.24, 2.45) is 5.92 Å². The Bertz CT molecular complexity index is 1540. The van der Waals surface area contributed by atoms with Crippen molar-refractivity contribution in [3.63, 3.8) is 0 Å². The van der Waals surface area contributed by atoms with E-state index in [-0.39, 0.29) is 11.7 Å². The summed E-state index contributed by atoms with van der Waals surface area (Å²) in [5.41, 5.74) is 4.03. The number of ketones is 1. The number of rotatable bonds is 16. The van der Waals surface area contributed by atoms with Gasteiger partial charge in [-0.25, -0.2) is 9.97 Å². The third-order valence-corrected chi connectivity index (χ3v) is 11.1. The molecule has 0 aliphatic rings. The van der Waals surface area contributed by atoms with E-state index in [1.54, 1.807) is 40.6 Å². The highest BCUT2D eigenvalue weighted by Gasteiger charge is 2.37. The first-order chi connectivity index (χ1) is 22.0. The molecule has 8 heteroatoms. The van der Waals surface area contributed by atoms with Crippen molar-refractivity contribution in [3.8, 4) is 10.0 Å². The summed E-state index contributed by atoms with van der Waals surface area (Å²) in [6.07, 6.45) is 5.54. The van der Waals surface area contributed by atoms with E-state index in [9.17, 15) is 9.59 Å². The van der Waals surface area contributed by atoms with E-state index < -0.39 is 4.75 Å². The second-order valence-corrected chi connectivity index (χ2v) is 14.5. The lowest BCUT2D eigenvalue weighted by Crippen LogP contribution is -2.31. The van der Waals surface area contributed by atoms with Crippen molar-refractivity contribution in [3.05, 3.63) is 130 Å². The van der Waals surface area contributed by atoms with E-state index in [0.29, 0.717) is 30.3 Å². The number of hydrogen-bond acceptors (Lipinski definition) is 7. The molecule has 5 nitrogen and oxygen atoms in total. The number of thioether (sulfide) groups is 1. The van der Waals surface area contributed by atoms with Crippen LogP contribution in [0.2, 0.25) is 0 Å². The predicted octanol–water partition coefficient (Wildman–Crippen LogP) is 9.05. The van der Waals surface area contributed by atoms with E-state index in [0.717, 1.165) is 57.3 Å². The number of hydrogen-bond donors (Lipinski definition) is 1. The van der Waals surface area contributed by atoms with Gasteiger partial charge < -0.3 is 5.32 Å². The molecule has 232 valence electrons.